The molecule has 0 spiro atoms. The van der Waals surface area contributed by atoms with Gasteiger partial charge in [-0.2, -0.15) is 4.98 Å². The Kier molecular flexibility index (Phi) is 5.65. The number of aromatic nitrogens is 2. The Morgan fingerprint density at radius 1 is 1.18 bits per heavy atom. The quantitative estimate of drug-likeness (QED) is 0.712. The zero-order chi connectivity index (χ0) is 19.6. The molecule has 1 atom stereocenters. The molecule has 0 N–H and O–H groups in total. The molecule has 0 aliphatic carbocycles. The van der Waals surface area contributed by atoms with Gasteiger partial charge in [0.05, 0.1) is 24.7 Å². The lowest BCUT2D eigenvalue weighted by Gasteiger charge is -2.37. The molecule has 28 heavy (non-hydrogen) atoms. The van der Waals surface area contributed by atoms with E-state index in [1.54, 1.807) is 0 Å². The Bertz CT molecular complexity index is 889. The van der Waals surface area contributed by atoms with Gasteiger partial charge < -0.3 is 9.26 Å². The average Bonchev–Trinajstić information content (AvgIpc) is 3.30. The van der Waals surface area contributed by atoms with Gasteiger partial charge >= 0.3 is 0 Å². The van der Waals surface area contributed by atoms with Gasteiger partial charge in [0, 0.05) is 37.8 Å². The fourth-order valence-electron chi connectivity index (χ4n) is 3.84. The van der Waals surface area contributed by atoms with Gasteiger partial charge in [-0.1, -0.05) is 5.16 Å². The summed E-state index contributed by atoms with van der Waals surface area (Å²) in [4.78, 5) is 9.09. The largest absolute Gasteiger partial charge is 0.494 e. The van der Waals surface area contributed by atoms with E-state index in [1.165, 1.54) is 0 Å². The zero-order valence-corrected chi connectivity index (χ0v) is 16.9. The van der Waals surface area contributed by atoms with Crippen molar-refractivity contribution in [2.24, 2.45) is 0 Å². The Morgan fingerprint density at radius 2 is 1.93 bits per heavy atom. The summed E-state index contributed by atoms with van der Waals surface area (Å²) in [6.07, 6.45) is 0.761. The minimum absolute atomic E-state index is 0.182. The summed E-state index contributed by atoms with van der Waals surface area (Å²) in [7, 11) is -2.83. The van der Waals surface area contributed by atoms with E-state index in [1.807, 2.05) is 31.2 Å². The van der Waals surface area contributed by atoms with Crippen LogP contribution in [0.4, 0.5) is 0 Å². The predicted octanol–water partition coefficient (Wildman–Crippen LogP) is 1.44. The minimum atomic E-state index is -2.83. The first kappa shape index (κ1) is 19.4. The van der Waals surface area contributed by atoms with Gasteiger partial charge in [-0.05, 0) is 37.6 Å². The lowest BCUT2D eigenvalue weighted by molar-refractivity contribution is 0.0926. The molecule has 2 aliphatic rings. The van der Waals surface area contributed by atoms with Crippen LogP contribution in [0.5, 0.6) is 5.75 Å². The van der Waals surface area contributed by atoms with Crippen LogP contribution in [0.15, 0.2) is 28.8 Å². The summed E-state index contributed by atoms with van der Waals surface area (Å²) in [5.74, 6) is 2.63. The highest BCUT2D eigenvalue weighted by Gasteiger charge is 2.33. The van der Waals surface area contributed by atoms with Crippen LogP contribution in [-0.2, 0) is 16.4 Å². The summed E-state index contributed by atoms with van der Waals surface area (Å²) < 4.78 is 34.3. The lowest BCUT2D eigenvalue weighted by Crippen LogP contribution is -2.50. The van der Waals surface area contributed by atoms with Gasteiger partial charge in [0.1, 0.15) is 5.75 Å². The molecule has 0 radical (unpaired) electrons. The van der Waals surface area contributed by atoms with E-state index < -0.39 is 9.84 Å². The molecule has 0 bridgehead atoms. The second-order valence-electron chi connectivity index (χ2n) is 7.34. The maximum atomic E-state index is 11.7. The van der Waals surface area contributed by atoms with Crippen molar-refractivity contribution in [2.45, 2.75) is 25.9 Å². The number of hydrogen-bond acceptors (Lipinski definition) is 8. The molecule has 1 aromatic carbocycles. The smallest absolute Gasteiger partial charge is 0.241 e. The second-order valence-corrected chi connectivity index (χ2v) is 9.57. The number of sulfone groups is 1. The van der Waals surface area contributed by atoms with Crippen molar-refractivity contribution in [3.8, 4) is 17.1 Å². The molecule has 0 saturated carbocycles. The monoisotopic (exact) mass is 406 g/mol. The van der Waals surface area contributed by atoms with Crippen LogP contribution in [0, 0.1) is 0 Å². The number of nitrogens with zero attached hydrogens (tertiary/aromatic N) is 4. The molecule has 2 saturated heterocycles. The third-order valence-electron chi connectivity index (χ3n) is 5.38. The van der Waals surface area contributed by atoms with Gasteiger partial charge in [0.2, 0.25) is 11.7 Å². The van der Waals surface area contributed by atoms with Crippen molar-refractivity contribution in [3.63, 3.8) is 0 Å². The van der Waals surface area contributed by atoms with Gasteiger partial charge in [-0.3, -0.25) is 9.80 Å². The van der Waals surface area contributed by atoms with Crippen molar-refractivity contribution in [1.82, 2.24) is 19.9 Å². The first-order valence-corrected chi connectivity index (χ1v) is 11.6. The summed E-state index contributed by atoms with van der Waals surface area (Å²) in [6.45, 7) is 6.69. The molecule has 3 heterocycles. The van der Waals surface area contributed by atoms with Crippen LogP contribution < -0.4 is 4.74 Å². The third kappa shape index (κ3) is 4.53. The van der Waals surface area contributed by atoms with E-state index in [4.69, 9.17) is 9.26 Å². The molecule has 152 valence electrons. The number of benzene rings is 1. The molecular formula is C19H26N4O4S. The van der Waals surface area contributed by atoms with Crippen LogP contribution in [-0.4, -0.2) is 78.7 Å². The number of rotatable bonds is 6. The van der Waals surface area contributed by atoms with Crippen LogP contribution in [0.1, 0.15) is 19.2 Å². The van der Waals surface area contributed by atoms with E-state index in [-0.39, 0.29) is 6.04 Å². The molecule has 2 aromatic rings. The maximum absolute atomic E-state index is 11.7. The number of ether oxygens (including phenoxy) is 1. The van der Waals surface area contributed by atoms with E-state index in [2.05, 4.69) is 19.9 Å². The Hall–Kier alpha value is -1.97. The van der Waals surface area contributed by atoms with Crippen LogP contribution in [0.25, 0.3) is 11.4 Å². The van der Waals surface area contributed by atoms with Gasteiger partial charge in [0.15, 0.2) is 9.84 Å². The molecular weight excluding hydrogens is 380 g/mol. The van der Waals surface area contributed by atoms with Gasteiger partial charge in [0.25, 0.3) is 0 Å². The van der Waals surface area contributed by atoms with Gasteiger partial charge in [-0.15, -0.1) is 0 Å². The SMILES string of the molecule is CCOc1ccc(-c2noc(CN3CCN(C4CCS(=O)(=O)C4)CC3)n2)cc1. The predicted molar refractivity (Wildman–Crippen MR) is 105 cm³/mol. The molecule has 8 nitrogen and oxygen atoms in total. The molecule has 9 heteroatoms. The standard InChI is InChI=1S/C19H26N4O4S/c1-2-26-17-5-3-15(4-6-17)19-20-18(27-21-19)13-22-8-10-23(11-9-22)16-7-12-28(24,25)14-16/h3-6,16H,2,7-14H2,1H3. The summed E-state index contributed by atoms with van der Waals surface area (Å²) >= 11 is 0. The van der Waals surface area contributed by atoms with E-state index in [9.17, 15) is 8.42 Å². The van der Waals surface area contributed by atoms with Gasteiger partial charge in [-0.25, -0.2) is 8.42 Å². The topological polar surface area (TPSA) is 88.8 Å². The Morgan fingerprint density at radius 3 is 2.57 bits per heavy atom. The van der Waals surface area contributed by atoms with E-state index >= 15 is 0 Å². The van der Waals surface area contributed by atoms with Crippen molar-refractivity contribution < 1.29 is 17.7 Å². The molecule has 2 aliphatic heterocycles. The summed E-state index contributed by atoms with van der Waals surface area (Å²) in [5, 5.41) is 4.09. The van der Waals surface area contributed by atoms with Crippen molar-refractivity contribution in [3.05, 3.63) is 30.2 Å². The summed E-state index contributed by atoms with van der Waals surface area (Å²) in [6, 6.07) is 7.83. The highest BCUT2D eigenvalue weighted by atomic mass is 32.2. The number of hydrogen-bond donors (Lipinski definition) is 0. The van der Waals surface area contributed by atoms with Crippen molar-refractivity contribution in [1.29, 1.82) is 0 Å². The van der Waals surface area contributed by atoms with Crippen LogP contribution >= 0.6 is 0 Å². The highest BCUT2D eigenvalue weighted by Crippen LogP contribution is 2.22. The first-order valence-electron chi connectivity index (χ1n) is 9.75. The molecule has 0 amide bonds. The van der Waals surface area contributed by atoms with E-state index in [0.717, 1.165) is 43.9 Å². The fraction of sp³-hybridized carbons (Fsp3) is 0.579. The number of piperazine rings is 1. The maximum Gasteiger partial charge on any atom is 0.241 e. The summed E-state index contributed by atoms with van der Waals surface area (Å²) in [5.41, 5.74) is 0.894. The lowest BCUT2D eigenvalue weighted by atomic mass is 10.2. The van der Waals surface area contributed by atoms with Crippen LogP contribution in [0.3, 0.4) is 0 Å². The Labute approximate surface area is 165 Å². The zero-order valence-electron chi connectivity index (χ0n) is 16.1. The third-order valence-corrected chi connectivity index (χ3v) is 7.13. The Balaban J connectivity index is 1.30. The molecule has 2 fully saturated rings. The fourth-order valence-corrected chi connectivity index (χ4v) is 5.61. The molecule has 1 aromatic heterocycles. The van der Waals surface area contributed by atoms with Crippen molar-refractivity contribution >= 4 is 9.84 Å². The van der Waals surface area contributed by atoms with E-state index in [0.29, 0.717) is 36.4 Å². The average molecular weight is 407 g/mol. The molecule has 4 rings (SSSR count). The van der Waals surface area contributed by atoms with Crippen molar-refractivity contribution in [2.75, 3.05) is 44.3 Å². The second kappa shape index (κ2) is 8.18. The first-order chi connectivity index (χ1) is 13.5. The minimum Gasteiger partial charge on any atom is -0.494 e. The molecule has 1 unspecified atom stereocenters. The normalized spacial score (nSPS) is 23.1. The highest BCUT2D eigenvalue weighted by molar-refractivity contribution is 7.91. The van der Waals surface area contributed by atoms with Crippen LogP contribution in [0.2, 0.25) is 0 Å².